The molecule has 0 aliphatic rings. The van der Waals surface area contributed by atoms with Crippen molar-refractivity contribution in [2.45, 2.75) is 30.7 Å². The molecule has 3 rings (SSSR count). The molecule has 0 atom stereocenters. The van der Waals surface area contributed by atoms with Crippen LogP contribution in [-0.2, 0) is 5.75 Å². The fourth-order valence-electron chi connectivity index (χ4n) is 2.16. The summed E-state index contributed by atoms with van der Waals surface area (Å²) >= 11 is 1.52. The third kappa shape index (κ3) is 3.76. The molecular formula is C17H17FN4S. The fraction of sp³-hybridized carbons (Fsp3) is 0.235. The molecule has 23 heavy (non-hydrogen) atoms. The van der Waals surface area contributed by atoms with E-state index in [1.807, 2.05) is 12.1 Å². The van der Waals surface area contributed by atoms with Gasteiger partial charge in [0.25, 0.3) is 0 Å². The van der Waals surface area contributed by atoms with Crippen LogP contribution in [0.5, 0.6) is 0 Å². The molecule has 0 radical (unpaired) electrons. The van der Waals surface area contributed by atoms with Gasteiger partial charge in [-0.1, -0.05) is 49.9 Å². The Morgan fingerprint density at radius 1 is 1.04 bits per heavy atom. The van der Waals surface area contributed by atoms with Crippen molar-refractivity contribution in [1.29, 1.82) is 0 Å². The topological polar surface area (TPSA) is 43.6 Å². The summed E-state index contributed by atoms with van der Waals surface area (Å²) in [4.78, 5) is 0. The molecule has 1 heterocycles. The number of benzene rings is 2. The number of rotatable bonds is 5. The first-order valence-electron chi connectivity index (χ1n) is 7.39. The Balaban J connectivity index is 1.75. The highest BCUT2D eigenvalue weighted by Crippen LogP contribution is 2.23. The fourth-order valence-corrected chi connectivity index (χ4v) is 3.01. The summed E-state index contributed by atoms with van der Waals surface area (Å²) in [5.41, 5.74) is 3.24. The minimum Gasteiger partial charge on any atom is -0.207 e. The Kier molecular flexibility index (Phi) is 4.71. The first-order chi connectivity index (χ1) is 11.1. The first kappa shape index (κ1) is 15.7. The van der Waals surface area contributed by atoms with E-state index in [0.717, 1.165) is 11.3 Å². The Morgan fingerprint density at radius 3 is 2.39 bits per heavy atom. The van der Waals surface area contributed by atoms with Crippen LogP contribution >= 0.6 is 11.8 Å². The van der Waals surface area contributed by atoms with E-state index in [0.29, 0.717) is 16.8 Å². The van der Waals surface area contributed by atoms with E-state index in [1.54, 1.807) is 16.8 Å². The Bertz CT molecular complexity index is 766. The van der Waals surface area contributed by atoms with Gasteiger partial charge in [-0.15, -0.1) is 5.10 Å². The Hall–Kier alpha value is -2.21. The standard InChI is InChI=1S/C17H17FN4S/c1-12(2)14-5-9-16(10-6-14)22-17(19-20-21-22)23-11-13-3-7-15(18)8-4-13/h3-10,12H,11H2,1-2H3. The van der Waals surface area contributed by atoms with Gasteiger partial charge in [-0.2, -0.15) is 4.68 Å². The molecule has 4 nitrogen and oxygen atoms in total. The lowest BCUT2D eigenvalue weighted by atomic mass is 10.0. The van der Waals surface area contributed by atoms with Crippen molar-refractivity contribution in [3.63, 3.8) is 0 Å². The van der Waals surface area contributed by atoms with Crippen molar-refractivity contribution in [1.82, 2.24) is 20.2 Å². The number of tetrazole rings is 1. The van der Waals surface area contributed by atoms with Crippen LogP contribution in [0.1, 0.15) is 30.9 Å². The quantitative estimate of drug-likeness (QED) is 0.658. The molecule has 0 bridgehead atoms. The predicted molar refractivity (Wildman–Crippen MR) is 89.2 cm³/mol. The maximum Gasteiger partial charge on any atom is 0.214 e. The molecule has 0 saturated heterocycles. The second-order valence-electron chi connectivity index (χ2n) is 5.53. The lowest BCUT2D eigenvalue weighted by Crippen LogP contribution is -1.99. The summed E-state index contributed by atoms with van der Waals surface area (Å²) in [6.07, 6.45) is 0. The number of thioether (sulfide) groups is 1. The monoisotopic (exact) mass is 328 g/mol. The van der Waals surface area contributed by atoms with E-state index in [9.17, 15) is 4.39 Å². The molecule has 0 N–H and O–H groups in total. The lowest BCUT2D eigenvalue weighted by Gasteiger charge is -2.08. The third-order valence-electron chi connectivity index (χ3n) is 3.53. The van der Waals surface area contributed by atoms with Crippen molar-refractivity contribution in [3.8, 4) is 5.69 Å². The molecule has 2 aromatic carbocycles. The van der Waals surface area contributed by atoms with Crippen LogP contribution in [0, 0.1) is 5.82 Å². The molecule has 0 aliphatic heterocycles. The second kappa shape index (κ2) is 6.91. The van der Waals surface area contributed by atoms with E-state index in [4.69, 9.17) is 0 Å². The van der Waals surface area contributed by atoms with Crippen molar-refractivity contribution in [2.24, 2.45) is 0 Å². The highest BCUT2D eigenvalue weighted by Gasteiger charge is 2.10. The predicted octanol–water partition coefficient (Wildman–Crippen LogP) is 4.22. The summed E-state index contributed by atoms with van der Waals surface area (Å²) in [5.74, 6) is 0.948. The Morgan fingerprint density at radius 2 is 1.74 bits per heavy atom. The van der Waals surface area contributed by atoms with Gasteiger partial charge in [0, 0.05) is 5.75 Å². The van der Waals surface area contributed by atoms with Gasteiger partial charge in [0.15, 0.2) is 0 Å². The van der Waals surface area contributed by atoms with Gasteiger partial charge < -0.3 is 0 Å². The number of hydrogen-bond donors (Lipinski definition) is 0. The van der Waals surface area contributed by atoms with Gasteiger partial charge in [-0.05, 0) is 51.7 Å². The molecule has 0 saturated carbocycles. The van der Waals surface area contributed by atoms with Crippen LogP contribution in [0.15, 0.2) is 53.7 Å². The van der Waals surface area contributed by atoms with Gasteiger partial charge in [0.2, 0.25) is 5.16 Å². The first-order valence-corrected chi connectivity index (χ1v) is 8.38. The number of hydrogen-bond acceptors (Lipinski definition) is 4. The molecule has 0 unspecified atom stereocenters. The van der Waals surface area contributed by atoms with E-state index in [1.165, 1.54) is 29.5 Å². The molecule has 0 aliphatic carbocycles. The number of nitrogens with zero attached hydrogens (tertiary/aromatic N) is 4. The lowest BCUT2D eigenvalue weighted by molar-refractivity contribution is 0.627. The summed E-state index contributed by atoms with van der Waals surface area (Å²) in [7, 11) is 0. The molecule has 1 aromatic heterocycles. The molecule has 6 heteroatoms. The summed E-state index contributed by atoms with van der Waals surface area (Å²) < 4.78 is 14.7. The normalized spacial score (nSPS) is 11.1. The SMILES string of the molecule is CC(C)c1ccc(-n2nnnc2SCc2ccc(F)cc2)cc1. The molecule has 118 valence electrons. The zero-order chi connectivity index (χ0) is 16.2. The molecule has 0 fully saturated rings. The molecular weight excluding hydrogens is 311 g/mol. The van der Waals surface area contributed by atoms with E-state index in [2.05, 4.69) is 41.5 Å². The van der Waals surface area contributed by atoms with E-state index >= 15 is 0 Å². The largest absolute Gasteiger partial charge is 0.214 e. The van der Waals surface area contributed by atoms with Crippen LogP contribution in [0.3, 0.4) is 0 Å². The minimum absolute atomic E-state index is 0.228. The highest BCUT2D eigenvalue weighted by atomic mass is 32.2. The smallest absolute Gasteiger partial charge is 0.207 e. The summed E-state index contributed by atoms with van der Waals surface area (Å²) in [6.45, 7) is 4.33. The highest BCUT2D eigenvalue weighted by molar-refractivity contribution is 7.98. The van der Waals surface area contributed by atoms with Crippen LogP contribution in [0.25, 0.3) is 5.69 Å². The zero-order valence-electron chi connectivity index (χ0n) is 13.0. The molecule has 0 amide bonds. The average Bonchev–Trinajstić information content (AvgIpc) is 3.03. The van der Waals surface area contributed by atoms with Crippen LogP contribution in [-0.4, -0.2) is 20.2 Å². The van der Waals surface area contributed by atoms with Crippen LogP contribution in [0.4, 0.5) is 4.39 Å². The van der Waals surface area contributed by atoms with Crippen LogP contribution < -0.4 is 0 Å². The van der Waals surface area contributed by atoms with Crippen molar-refractivity contribution in [3.05, 3.63) is 65.5 Å². The zero-order valence-corrected chi connectivity index (χ0v) is 13.8. The average molecular weight is 328 g/mol. The summed E-state index contributed by atoms with van der Waals surface area (Å²) in [5, 5.41) is 12.6. The van der Waals surface area contributed by atoms with Gasteiger partial charge >= 0.3 is 0 Å². The van der Waals surface area contributed by atoms with Gasteiger partial charge in [-0.3, -0.25) is 0 Å². The van der Waals surface area contributed by atoms with E-state index in [-0.39, 0.29) is 5.82 Å². The van der Waals surface area contributed by atoms with Crippen molar-refractivity contribution < 1.29 is 4.39 Å². The van der Waals surface area contributed by atoms with Gasteiger partial charge in [0.05, 0.1) is 5.69 Å². The molecule has 3 aromatic rings. The van der Waals surface area contributed by atoms with Crippen LogP contribution in [0.2, 0.25) is 0 Å². The summed E-state index contributed by atoms with van der Waals surface area (Å²) in [6, 6.07) is 14.7. The number of halogens is 1. The van der Waals surface area contributed by atoms with Crippen molar-refractivity contribution >= 4 is 11.8 Å². The maximum absolute atomic E-state index is 12.9. The Labute approximate surface area is 138 Å². The third-order valence-corrected chi connectivity index (χ3v) is 4.52. The molecule has 0 spiro atoms. The van der Waals surface area contributed by atoms with E-state index < -0.39 is 0 Å². The second-order valence-corrected chi connectivity index (χ2v) is 6.48. The van der Waals surface area contributed by atoms with Gasteiger partial charge in [0.1, 0.15) is 5.82 Å². The van der Waals surface area contributed by atoms with Gasteiger partial charge in [-0.25, -0.2) is 4.39 Å². The minimum atomic E-state index is -0.228. The maximum atomic E-state index is 12.9. The number of aromatic nitrogens is 4. The van der Waals surface area contributed by atoms with Crippen molar-refractivity contribution in [2.75, 3.05) is 0 Å².